The number of hydrogen-bond donors (Lipinski definition) is 2. The number of alkyl halides is 6. The normalized spacial score (nSPS) is 14.3. The van der Waals surface area contributed by atoms with E-state index in [1.807, 2.05) is 0 Å². The van der Waals surface area contributed by atoms with Crippen LogP contribution in [0.25, 0.3) is 0 Å². The Balaban J connectivity index is 1.96. The maximum absolute atomic E-state index is 13.6. The van der Waals surface area contributed by atoms with Crippen LogP contribution in [0.15, 0.2) is 42.5 Å². The van der Waals surface area contributed by atoms with Crippen LogP contribution in [0.1, 0.15) is 29.5 Å². The summed E-state index contributed by atoms with van der Waals surface area (Å²) in [4.78, 5) is 0. The fourth-order valence-electron chi connectivity index (χ4n) is 3.19. The average molecular weight is 529 g/mol. The molecule has 2 aromatic rings. The van der Waals surface area contributed by atoms with Crippen molar-refractivity contribution in [3.05, 3.63) is 59.2 Å². The molecule has 2 rings (SSSR count). The molecule has 0 saturated heterocycles. The van der Waals surface area contributed by atoms with Crippen LogP contribution in [-0.4, -0.2) is 36.8 Å². The van der Waals surface area contributed by atoms with Gasteiger partial charge < -0.3 is 24.8 Å². The van der Waals surface area contributed by atoms with E-state index in [0.717, 1.165) is 18.2 Å². The Kier molecular flexibility index (Phi) is 10.4. The Morgan fingerprint density at radius 1 is 0.943 bits per heavy atom. The average Bonchev–Trinajstić information content (AvgIpc) is 2.79. The van der Waals surface area contributed by atoms with Crippen molar-refractivity contribution in [2.24, 2.45) is 5.73 Å². The predicted octanol–water partition coefficient (Wildman–Crippen LogP) is 4.93. The maximum atomic E-state index is 13.6. The summed E-state index contributed by atoms with van der Waals surface area (Å²) in [5, 5.41) is 9.43. The van der Waals surface area contributed by atoms with E-state index in [9.17, 15) is 36.0 Å². The van der Waals surface area contributed by atoms with E-state index in [4.69, 9.17) is 15.0 Å². The van der Waals surface area contributed by atoms with Gasteiger partial charge >= 0.3 is 12.5 Å². The second-order valence-electron chi connectivity index (χ2n) is 7.90. The van der Waals surface area contributed by atoms with Gasteiger partial charge in [-0.15, -0.1) is 13.2 Å². The number of aliphatic hydroxyl groups excluding tert-OH is 1. The van der Waals surface area contributed by atoms with Gasteiger partial charge in [0.1, 0.15) is 11.5 Å². The Morgan fingerprint density at radius 2 is 1.60 bits per heavy atom. The summed E-state index contributed by atoms with van der Waals surface area (Å²) < 4.78 is 102. The lowest BCUT2D eigenvalue weighted by atomic mass is 9.93. The van der Waals surface area contributed by atoms with Gasteiger partial charge in [0.25, 0.3) is 0 Å². The minimum Gasteiger partial charge on any atom is -0.493 e. The van der Waals surface area contributed by atoms with Crippen LogP contribution in [0.5, 0.6) is 11.5 Å². The third-order valence-electron chi connectivity index (χ3n) is 5.04. The summed E-state index contributed by atoms with van der Waals surface area (Å²) in [6.07, 6.45) is -8.55. The number of aryl methyl sites for hydroxylation is 2. The SMILES string of the molecule is NC(CO)(CCc1ccc(OCCCc2ccc(OC(F)(F)F)cc2)c(C(F)(F)F)c1)CO[PH2]=O. The van der Waals surface area contributed by atoms with Crippen LogP contribution in [0, 0.1) is 0 Å². The molecule has 0 fully saturated rings. The van der Waals surface area contributed by atoms with E-state index in [2.05, 4.69) is 4.74 Å². The number of nitrogens with two attached hydrogens (primary N) is 1. The third kappa shape index (κ3) is 10.1. The smallest absolute Gasteiger partial charge is 0.493 e. The van der Waals surface area contributed by atoms with Crippen LogP contribution in [0.2, 0.25) is 0 Å². The molecule has 196 valence electrons. The Morgan fingerprint density at radius 3 is 2.17 bits per heavy atom. The van der Waals surface area contributed by atoms with Crippen LogP contribution in [0.4, 0.5) is 26.3 Å². The fourth-order valence-corrected chi connectivity index (χ4v) is 3.59. The topological polar surface area (TPSA) is 91.0 Å². The largest absolute Gasteiger partial charge is 0.573 e. The van der Waals surface area contributed by atoms with E-state index < -0.39 is 38.9 Å². The van der Waals surface area contributed by atoms with Gasteiger partial charge in [0, 0.05) is 0 Å². The minimum absolute atomic E-state index is 0.0471. The van der Waals surface area contributed by atoms with Crippen molar-refractivity contribution in [3.63, 3.8) is 0 Å². The second kappa shape index (κ2) is 12.6. The first-order chi connectivity index (χ1) is 16.3. The number of rotatable bonds is 13. The van der Waals surface area contributed by atoms with Crippen LogP contribution >= 0.6 is 8.69 Å². The molecule has 0 spiro atoms. The molecule has 2 unspecified atom stereocenters. The van der Waals surface area contributed by atoms with E-state index >= 15 is 0 Å². The summed E-state index contributed by atoms with van der Waals surface area (Å²) in [5.74, 6) is -0.716. The molecule has 3 N–H and O–H groups in total. The summed E-state index contributed by atoms with van der Waals surface area (Å²) in [6, 6.07) is 8.80. The van der Waals surface area contributed by atoms with E-state index in [1.165, 1.54) is 24.3 Å². The minimum atomic E-state index is -4.79. The zero-order valence-corrected chi connectivity index (χ0v) is 19.6. The zero-order chi connectivity index (χ0) is 26.1. The lowest BCUT2D eigenvalue weighted by molar-refractivity contribution is -0.274. The fraction of sp³-hybridized carbons (Fsp3) is 0.455. The predicted molar refractivity (Wildman–Crippen MR) is 117 cm³/mol. The number of hydrogen-bond acceptors (Lipinski definition) is 6. The molecule has 0 aromatic heterocycles. The number of benzene rings is 2. The number of aliphatic hydroxyl groups is 1. The van der Waals surface area contributed by atoms with Crippen molar-refractivity contribution in [1.29, 1.82) is 0 Å². The highest BCUT2D eigenvalue weighted by molar-refractivity contribution is 7.17. The lowest BCUT2D eigenvalue weighted by Gasteiger charge is -2.26. The molecule has 0 bridgehead atoms. The van der Waals surface area contributed by atoms with Crippen molar-refractivity contribution >= 4 is 8.69 Å². The van der Waals surface area contributed by atoms with E-state index in [-0.39, 0.29) is 37.6 Å². The molecule has 35 heavy (non-hydrogen) atoms. The van der Waals surface area contributed by atoms with Gasteiger partial charge in [0.15, 0.2) is 8.69 Å². The van der Waals surface area contributed by atoms with Gasteiger partial charge in [-0.1, -0.05) is 18.2 Å². The van der Waals surface area contributed by atoms with Crippen LogP contribution in [-0.2, 0) is 28.1 Å². The van der Waals surface area contributed by atoms with Crippen molar-refractivity contribution in [2.45, 2.75) is 43.8 Å². The highest BCUT2D eigenvalue weighted by Gasteiger charge is 2.35. The molecule has 0 aliphatic carbocycles. The van der Waals surface area contributed by atoms with Gasteiger partial charge in [-0.05, 0) is 61.1 Å². The Labute approximate surface area is 199 Å². The van der Waals surface area contributed by atoms with Gasteiger partial charge in [0.05, 0.1) is 30.9 Å². The van der Waals surface area contributed by atoms with Gasteiger partial charge in [0.2, 0.25) is 0 Å². The van der Waals surface area contributed by atoms with Crippen molar-refractivity contribution in [3.8, 4) is 11.5 Å². The highest BCUT2D eigenvalue weighted by atomic mass is 31.1. The maximum Gasteiger partial charge on any atom is 0.573 e. The van der Waals surface area contributed by atoms with Gasteiger partial charge in [-0.3, -0.25) is 4.57 Å². The molecule has 6 nitrogen and oxygen atoms in total. The summed E-state index contributed by atoms with van der Waals surface area (Å²) in [5.41, 5.74) is 4.74. The van der Waals surface area contributed by atoms with E-state index in [0.29, 0.717) is 24.0 Å². The molecule has 0 aliphatic rings. The highest BCUT2D eigenvalue weighted by Crippen LogP contribution is 2.37. The molecule has 0 heterocycles. The first-order valence-electron chi connectivity index (χ1n) is 10.5. The lowest BCUT2D eigenvalue weighted by Crippen LogP contribution is -2.47. The monoisotopic (exact) mass is 529 g/mol. The standard InChI is InChI=1S/C22H26F6NO5P/c23-21(24,25)18-12-16(9-10-20(29,13-30)14-33-35-31)5-8-19(18)32-11-1-2-15-3-6-17(7-4-15)34-22(26,27)28/h3-8,12,30H,1-2,9-11,13-14,29,35H2. The molecule has 2 atom stereocenters. The first kappa shape index (κ1) is 29.0. The van der Waals surface area contributed by atoms with Crippen molar-refractivity contribution in [2.75, 3.05) is 19.8 Å². The third-order valence-corrected chi connectivity index (χ3v) is 5.34. The molecule has 13 heteroatoms. The van der Waals surface area contributed by atoms with Gasteiger partial charge in [-0.2, -0.15) is 13.2 Å². The van der Waals surface area contributed by atoms with Crippen molar-refractivity contribution < 1.29 is 50.0 Å². The number of halogens is 6. The molecular weight excluding hydrogens is 503 g/mol. The van der Waals surface area contributed by atoms with Gasteiger partial charge in [-0.25, -0.2) is 0 Å². The Bertz CT molecular complexity index is 955. The van der Waals surface area contributed by atoms with Crippen LogP contribution in [0.3, 0.4) is 0 Å². The summed E-state index contributed by atoms with van der Waals surface area (Å²) in [6.45, 7) is -0.722. The van der Waals surface area contributed by atoms with E-state index in [1.54, 1.807) is 0 Å². The molecule has 2 aromatic carbocycles. The zero-order valence-electron chi connectivity index (χ0n) is 18.5. The summed E-state index contributed by atoms with van der Waals surface area (Å²) in [7, 11) is -1.52. The molecule has 0 amide bonds. The number of ether oxygens (including phenoxy) is 2. The van der Waals surface area contributed by atoms with Crippen LogP contribution < -0.4 is 15.2 Å². The molecular formula is C22H26F6NO5P. The second-order valence-corrected chi connectivity index (χ2v) is 8.43. The first-order valence-corrected chi connectivity index (χ1v) is 11.4. The van der Waals surface area contributed by atoms with Crippen molar-refractivity contribution in [1.82, 2.24) is 0 Å². The molecule has 0 radical (unpaired) electrons. The summed E-state index contributed by atoms with van der Waals surface area (Å²) >= 11 is 0. The Hall–Kier alpha value is -2.27. The molecule has 0 aliphatic heterocycles. The molecule has 0 saturated carbocycles. The quantitative estimate of drug-likeness (QED) is 0.217.